The first kappa shape index (κ1) is 19.6. The number of carbonyl (C=O) groups is 2. The fourth-order valence-corrected chi connectivity index (χ4v) is 4.64. The van der Waals surface area contributed by atoms with Crippen LogP contribution in [-0.4, -0.2) is 78.9 Å². The molecule has 0 aromatic carbocycles. The highest BCUT2D eigenvalue weighted by molar-refractivity contribution is 5.81. The molecule has 6 heteroatoms. The first-order chi connectivity index (χ1) is 12.5. The van der Waals surface area contributed by atoms with E-state index in [0.29, 0.717) is 19.0 Å². The average Bonchev–Trinajstić information content (AvgIpc) is 2.86. The van der Waals surface area contributed by atoms with Crippen LogP contribution in [0.25, 0.3) is 0 Å². The van der Waals surface area contributed by atoms with Gasteiger partial charge >= 0.3 is 0 Å². The first-order valence-electron chi connectivity index (χ1n) is 10.5. The second-order valence-corrected chi connectivity index (χ2v) is 8.87. The normalized spacial score (nSPS) is 29.0. The molecule has 6 nitrogen and oxygen atoms in total. The quantitative estimate of drug-likeness (QED) is 0.816. The highest BCUT2D eigenvalue weighted by Crippen LogP contribution is 2.28. The van der Waals surface area contributed by atoms with Gasteiger partial charge in [0, 0.05) is 38.6 Å². The summed E-state index contributed by atoms with van der Waals surface area (Å²) in [6.45, 7) is 8.57. The topological polar surface area (TPSA) is 69.9 Å². The predicted octanol–water partition coefficient (Wildman–Crippen LogP) is 1.30. The van der Waals surface area contributed by atoms with E-state index in [-0.39, 0.29) is 17.2 Å². The highest BCUT2D eigenvalue weighted by atomic mass is 16.2. The Morgan fingerprint density at radius 2 is 1.62 bits per heavy atom. The van der Waals surface area contributed by atoms with E-state index in [9.17, 15) is 9.59 Å². The van der Waals surface area contributed by atoms with E-state index in [1.807, 2.05) is 4.90 Å². The number of rotatable bonds is 4. The summed E-state index contributed by atoms with van der Waals surface area (Å²) in [6.07, 6.45) is 7.49. The molecule has 3 aliphatic rings. The Morgan fingerprint density at radius 1 is 0.962 bits per heavy atom. The second kappa shape index (κ2) is 8.70. The molecule has 0 saturated carbocycles. The Morgan fingerprint density at radius 3 is 2.19 bits per heavy atom. The van der Waals surface area contributed by atoms with E-state index in [4.69, 9.17) is 5.73 Å². The number of piperidine rings is 1. The molecular formula is C20H36N4O2. The molecule has 3 heterocycles. The third kappa shape index (κ3) is 4.77. The van der Waals surface area contributed by atoms with Gasteiger partial charge in [-0.05, 0) is 50.6 Å². The lowest BCUT2D eigenvalue weighted by Gasteiger charge is -2.35. The number of hydrogen-bond donors (Lipinski definition) is 1. The van der Waals surface area contributed by atoms with E-state index in [0.717, 1.165) is 71.4 Å². The van der Waals surface area contributed by atoms with Gasteiger partial charge in [0.25, 0.3) is 0 Å². The van der Waals surface area contributed by atoms with Gasteiger partial charge in [-0.3, -0.25) is 14.5 Å². The van der Waals surface area contributed by atoms with E-state index in [1.54, 1.807) is 0 Å². The summed E-state index contributed by atoms with van der Waals surface area (Å²) in [5, 5.41) is 0. The van der Waals surface area contributed by atoms with Crippen LogP contribution in [0.1, 0.15) is 51.9 Å². The van der Waals surface area contributed by atoms with Gasteiger partial charge < -0.3 is 15.5 Å². The van der Waals surface area contributed by atoms with Gasteiger partial charge in [-0.15, -0.1) is 0 Å². The van der Waals surface area contributed by atoms with E-state index in [1.165, 1.54) is 12.8 Å². The largest absolute Gasteiger partial charge is 0.342 e. The third-order valence-electron chi connectivity index (χ3n) is 6.60. The maximum absolute atomic E-state index is 12.8. The van der Waals surface area contributed by atoms with Crippen molar-refractivity contribution in [3.63, 3.8) is 0 Å². The standard InChI is InChI=1S/C20H36N4O2/c1-20(15-21)8-13-22(16-20)14-18(25)23-11-6-17(7-12-23)19(26)24-9-4-2-3-5-10-24/h17H,2-16,21H2,1H3. The van der Waals surface area contributed by atoms with Crippen molar-refractivity contribution in [2.24, 2.45) is 17.1 Å². The minimum atomic E-state index is 0.115. The van der Waals surface area contributed by atoms with Crippen LogP contribution in [0, 0.1) is 11.3 Å². The molecule has 0 aromatic heterocycles. The zero-order valence-electron chi connectivity index (χ0n) is 16.4. The fraction of sp³-hybridized carbons (Fsp3) is 0.900. The zero-order valence-corrected chi connectivity index (χ0v) is 16.4. The van der Waals surface area contributed by atoms with E-state index < -0.39 is 0 Å². The summed E-state index contributed by atoms with van der Waals surface area (Å²) in [7, 11) is 0. The Hall–Kier alpha value is -1.14. The molecule has 2 amide bonds. The molecule has 148 valence electrons. The van der Waals surface area contributed by atoms with Crippen molar-refractivity contribution in [1.29, 1.82) is 0 Å². The van der Waals surface area contributed by atoms with Gasteiger partial charge in [-0.1, -0.05) is 19.8 Å². The molecule has 0 bridgehead atoms. The van der Waals surface area contributed by atoms with Crippen molar-refractivity contribution in [3.05, 3.63) is 0 Å². The van der Waals surface area contributed by atoms with Crippen molar-refractivity contribution < 1.29 is 9.59 Å². The lowest BCUT2D eigenvalue weighted by Crippen LogP contribution is -2.47. The summed E-state index contributed by atoms with van der Waals surface area (Å²) in [6, 6.07) is 0. The highest BCUT2D eigenvalue weighted by Gasteiger charge is 2.35. The van der Waals surface area contributed by atoms with Crippen LogP contribution in [-0.2, 0) is 9.59 Å². The molecule has 1 atom stereocenters. The molecule has 2 N–H and O–H groups in total. The Labute approximate surface area is 158 Å². The lowest BCUT2D eigenvalue weighted by molar-refractivity contribution is -0.141. The molecule has 3 rings (SSSR count). The second-order valence-electron chi connectivity index (χ2n) is 8.87. The Kier molecular flexibility index (Phi) is 6.56. The first-order valence-corrected chi connectivity index (χ1v) is 10.5. The maximum atomic E-state index is 12.8. The molecule has 0 spiro atoms. The van der Waals surface area contributed by atoms with Crippen LogP contribution >= 0.6 is 0 Å². The summed E-state index contributed by atoms with van der Waals surface area (Å²) < 4.78 is 0. The summed E-state index contributed by atoms with van der Waals surface area (Å²) in [5.74, 6) is 0.661. The van der Waals surface area contributed by atoms with Crippen molar-refractivity contribution in [2.45, 2.75) is 51.9 Å². The maximum Gasteiger partial charge on any atom is 0.236 e. The Balaban J connectivity index is 1.43. The van der Waals surface area contributed by atoms with E-state index >= 15 is 0 Å². The molecule has 3 fully saturated rings. The van der Waals surface area contributed by atoms with Crippen molar-refractivity contribution in [3.8, 4) is 0 Å². The fourth-order valence-electron chi connectivity index (χ4n) is 4.64. The zero-order chi connectivity index (χ0) is 18.6. The molecule has 26 heavy (non-hydrogen) atoms. The SMILES string of the molecule is CC1(CN)CCN(CC(=O)N2CCC(C(=O)N3CCCCCC3)CC2)C1. The van der Waals surface area contributed by atoms with Gasteiger partial charge in [0.15, 0.2) is 0 Å². The van der Waals surface area contributed by atoms with Crippen LogP contribution in [0.3, 0.4) is 0 Å². The molecule has 0 aliphatic carbocycles. The Bertz CT molecular complexity index is 496. The number of nitrogens with zero attached hydrogens (tertiary/aromatic N) is 3. The predicted molar refractivity (Wildman–Crippen MR) is 103 cm³/mol. The number of hydrogen-bond acceptors (Lipinski definition) is 4. The minimum Gasteiger partial charge on any atom is -0.342 e. The van der Waals surface area contributed by atoms with Crippen LogP contribution in [0.2, 0.25) is 0 Å². The molecule has 0 radical (unpaired) electrons. The van der Waals surface area contributed by atoms with E-state index in [2.05, 4.69) is 16.7 Å². The van der Waals surface area contributed by atoms with Crippen molar-refractivity contribution in [1.82, 2.24) is 14.7 Å². The average molecular weight is 365 g/mol. The molecule has 3 aliphatic heterocycles. The number of carbonyl (C=O) groups excluding carboxylic acids is 2. The molecule has 3 saturated heterocycles. The van der Waals surface area contributed by atoms with Crippen molar-refractivity contribution in [2.75, 3.05) is 52.4 Å². The van der Waals surface area contributed by atoms with Gasteiger partial charge in [0.2, 0.25) is 11.8 Å². The van der Waals surface area contributed by atoms with Gasteiger partial charge in [-0.2, -0.15) is 0 Å². The van der Waals surface area contributed by atoms with Crippen molar-refractivity contribution >= 4 is 11.8 Å². The van der Waals surface area contributed by atoms with Crippen LogP contribution < -0.4 is 5.73 Å². The minimum absolute atomic E-state index is 0.115. The third-order valence-corrected chi connectivity index (χ3v) is 6.60. The number of likely N-dealkylation sites (tertiary alicyclic amines) is 3. The van der Waals surface area contributed by atoms with Gasteiger partial charge in [0.05, 0.1) is 6.54 Å². The number of amides is 2. The van der Waals surface area contributed by atoms with Gasteiger partial charge in [0.1, 0.15) is 0 Å². The summed E-state index contributed by atoms with van der Waals surface area (Å²) in [4.78, 5) is 31.7. The molecule has 1 unspecified atom stereocenters. The van der Waals surface area contributed by atoms with Crippen LogP contribution in [0.5, 0.6) is 0 Å². The monoisotopic (exact) mass is 364 g/mol. The lowest BCUT2D eigenvalue weighted by atomic mass is 9.90. The molecular weight excluding hydrogens is 328 g/mol. The van der Waals surface area contributed by atoms with Crippen LogP contribution in [0.15, 0.2) is 0 Å². The van der Waals surface area contributed by atoms with Crippen LogP contribution in [0.4, 0.5) is 0 Å². The summed E-state index contributed by atoms with van der Waals surface area (Å²) >= 11 is 0. The smallest absolute Gasteiger partial charge is 0.236 e. The number of nitrogens with two attached hydrogens (primary N) is 1. The molecule has 0 aromatic rings. The summed E-state index contributed by atoms with van der Waals surface area (Å²) in [5.41, 5.74) is 6.02. The van der Waals surface area contributed by atoms with Gasteiger partial charge in [-0.25, -0.2) is 0 Å².